The van der Waals surface area contributed by atoms with E-state index in [1.54, 1.807) is 0 Å². The smallest absolute Gasteiger partial charge is 0.149 e. The lowest BCUT2D eigenvalue weighted by molar-refractivity contribution is 0.755. The highest BCUT2D eigenvalue weighted by atomic mass is 15.2. The molecule has 2 aromatic heterocycles. The van der Waals surface area contributed by atoms with Crippen molar-refractivity contribution in [2.75, 3.05) is 0 Å². The first-order valence-corrected chi connectivity index (χ1v) is 4.61. The van der Waals surface area contributed by atoms with Gasteiger partial charge in [-0.1, -0.05) is 6.92 Å². The summed E-state index contributed by atoms with van der Waals surface area (Å²) in [5.41, 5.74) is 2.23. The predicted octanol–water partition coefficient (Wildman–Crippen LogP) is 1.99. The summed E-state index contributed by atoms with van der Waals surface area (Å²) in [4.78, 5) is 4.28. The molecule has 0 bridgehead atoms. The zero-order valence-corrected chi connectivity index (χ0v) is 7.99. The fraction of sp³-hybridized carbons (Fsp3) is 0.400. The summed E-state index contributed by atoms with van der Waals surface area (Å²) in [5.74, 6) is 0.925. The maximum absolute atomic E-state index is 4.43. The summed E-state index contributed by atoms with van der Waals surface area (Å²) < 4.78 is 1.94. The summed E-state index contributed by atoms with van der Waals surface area (Å²) in [6.07, 6.45) is 3.92. The van der Waals surface area contributed by atoms with Crippen molar-refractivity contribution >= 4 is 5.52 Å². The second-order valence-corrected chi connectivity index (χ2v) is 3.24. The van der Waals surface area contributed by atoms with Gasteiger partial charge in [0.05, 0.1) is 11.7 Å². The van der Waals surface area contributed by atoms with Gasteiger partial charge in [-0.3, -0.25) is 0 Å². The Morgan fingerprint density at radius 1 is 1.38 bits per heavy atom. The molecule has 3 nitrogen and oxygen atoms in total. The second kappa shape index (κ2) is 3.17. The molecule has 0 aromatic carbocycles. The van der Waals surface area contributed by atoms with Crippen LogP contribution in [0.4, 0.5) is 0 Å². The molecule has 68 valence electrons. The minimum Gasteiger partial charge on any atom is -0.237 e. The number of hydrogen-bond acceptors (Lipinski definition) is 2. The van der Waals surface area contributed by atoms with Crippen LogP contribution in [-0.4, -0.2) is 14.6 Å². The zero-order chi connectivity index (χ0) is 9.26. The van der Waals surface area contributed by atoms with E-state index in [2.05, 4.69) is 30.0 Å². The highest BCUT2D eigenvalue weighted by Gasteiger charge is 2.00. The second-order valence-electron chi connectivity index (χ2n) is 3.24. The first-order valence-electron chi connectivity index (χ1n) is 4.61. The van der Waals surface area contributed by atoms with Crippen molar-refractivity contribution in [2.24, 2.45) is 0 Å². The maximum atomic E-state index is 4.43. The van der Waals surface area contributed by atoms with Crippen LogP contribution in [0.2, 0.25) is 0 Å². The Morgan fingerprint density at radius 3 is 3.00 bits per heavy atom. The number of fused-ring (bicyclic) bond motifs is 1. The van der Waals surface area contributed by atoms with Crippen LogP contribution in [0.15, 0.2) is 18.3 Å². The molecule has 0 radical (unpaired) electrons. The van der Waals surface area contributed by atoms with Crippen molar-refractivity contribution < 1.29 is 0 Å². The third-order valence-corrected chi connectivity index (χ3v) is 2.11. The summed E-state index contributed by atoms with van der Waals surface area (Å²) in [7, 11) is 0. The van der Waals surface area contributed by atoms with E-state index in [-0.39, 0.29) is 0 Å². The molecule has 0 amide bonds. The van der Waals surface area contributed by atoms with E-state index in [1.165, 1.54) is 0 Å². The number of aryl methyl sites for hydroxylation is 2. The minimum atomic E-state index is 0.925. The summed E-state index contributed by atoms with van der Waals surface area (Å²) >= 11 is 0. The molecular weight excluding hydrogens is 162 g/mol. The van der Waals surface area contributed by atoms with Gasteiger partial charge in [0, 0.05) is 12.1 Å². The van der Waals surface area contributed by atoms with Crippen molar-refractivity contribution in [1.82, 2.24) is 14.6 Å². The van der Waals surface area contributed by atoms with Crippen LogP contribution in [0.1, 0.15) is 24.9 Å². The molecule has 0 aliphatic carbocycles. The van der Waals surface area contributed by atoms with Crippen molar-refractivity contribution in [3.05, 3.63) is 29.8 Å². The van der Waals surface area contributed by atoms with E-state index in [4.69, 9.17) is 0 Å². The van der Waals surface area contributed by atoms with E-state index < -0.39 is 0 Å². The Kier molecular flexibility index (Phi) is 2.00. The van der Waals surface area contributed by atoms with Crippen molar-refractivity contribution in [3.63, 3.8) is 0 Å². The van der Waals surface area contributed by atoms with Crippen molar-refractivity contribution in [1.29, 1.82) is 0 Å². The van der Waals surface area contributed by atoms with Crippen LogP contribution in [0, 0.1) is 6.92 Å². The Balaban J connectivity index is 2.53. The Morgan fingerprint density at radius 2 is 2.23 bits per heavy atom. The predicted molar refractivity (Wildman–Crippen MR) is 51.7 cm³/mol. The third-order valence-electron chi connectivity index (χ3n) is 2.11. The fourth-order valence-corrected chi connectivity index (χ4v) is 1.41. The van der Waals surface area contributed by atoms with E-state index >= 15 is 0 Å². The first-order chi connectivity index (χ1) is 6.31. The van der Waals surface area contributed by atoms with Crippen LogP contribution >= 0.6 is 0 Å². The molecule has 2 aromatic rings. The van der Waals surface area contributed by atoms with Gasteiger partial charge in [-0.15, -0.1) is 0 Å². The van der Waals surface area contributed by atoms with Crippen LogP contribution in [-0.2, 0) is 6.42 Å². The molecule has 2 rings (SSSR count). The lowest BCUT2D eigenvalue weighted by atomic mass is 10.3. The lowest BCUT2D eigenvalue weighted by Gasteiger charge is -1.99. The van der Waals surface area contributed by atoms with E-state index in [0.29, 0.717) is 0 Å². The van der Waals surface area contributed by atoms with E-state index in [0.717, 1.165) is 29.9 Å². The summed E-state index contributed by atoms with van der Waals surface area (Å²) in [6.45, 7) is 4.19. The highest BCUT2D eigenvalue weighted by molar-refractivity contribution is 5.45. The standard InChI is InChI=1S/C10H13N3/c1-3-4-10-11-7-9-6-5-8(2)13(9)12-10/h5-7H,3-4H2,1-2H3. The van der Waals surface area contributed by atoms with Gasteiger partial charge >= 0.3 is 0 Å². The molecule has 0 saturated heterocycles. The van der Waals surface area contributed by atoms with E-state index in [9.17, 15) is 0 Å². The number of nitrogens with zero attached hydrogens (tertiary/aromatic N) is 3. The number of hydrogen-bond donors (Lipinski definition) is 0. The molecule has 2 heterocycles. The molecule has 0 aliphatic rings. The first kappa shape index (κ1) is 8.23. The Hall–Kier alpha value is -1.38. The van der Waals surface area contributed by atoms with Crippen LogP contribution < -0.4 is 0 Å². The normalized spacial score (nSPS) is 10.9. The zero-order valence-electron chi connectivity index (χ0n) is 7.99. The molecular formula is C10H13N3. The lowest BCUT2D eigenvalue weighted by Crippen LogP contribution is -2.01. The van der Waals surface area contributed by atoms with Crippen LogP contribution in [0.5, 0.6) is 0 Å². The third kappa shape index (κ3) is 1.41. The van der Waals surface area contributed by atoms with Gasteiger partial charge in [0.25, 0.3) is 0 Å². The Bertz CT molecular complexity index is 417. The van der Waals surface area contributed by atoms with Crippen molar-refractivity contribution in [2.45, 2.75) is 26.7 Å². The molecule has 0 unspecified atom stereocenters. The minimum absolute atomic E-state index is 0.925. The number of aromatic nitrogens is 3. The average Bonchev–Trinajstić information content (AvgIpc) is 2.49. The fourth-order valence-electron chi connectivity index (χ4n) is 1.41. The van der Waals surface area contributed by atoms with Crippen molar-refractivity contribution in [3.8, 4) is 0 Å². The van der Waals surface area contributed by atoms with Gasteiger partial charge in [0.2, 0.25) is 0 Å². The molecule has 0 atom stereocenters. The largest absolute Gasteiger partial charge is 0.237 e. The molecule has 0 spiro atoms. The number of rotatable bonds is 2. The van der Waals surface area contributed by atoms with Crippen LogP contribution in [0.25, 0.3) is 5.52 Å². The summed E-state index contributed by atoms with van der Waals surface area (Å²) in [6, 6.07) is 4.09. The van der Waals surface area contributed by atoms with Gasteiger partial charge < -0.3 is 0 Å². The molecule has 0 aliphatic heterocycles. The Labute approximate surface area is 77.4 Å². The maximum Gasteiger partial charge on any atom is 0.149 e. The van der Waals surface area contributed by atoms with Gasteiger partial charge in [-0.25, -0.2) is 9.50 Å². The highest BCUT2D eigenvalue weighted by Crippen LogP contribution is 2.06. The molecule has 13 heavy (non-hydrogen) atoms. The van der Waals surface area contributed by atoms with Crippen LogP contribution in [0.3, 0.4) is 0 Å². The van der Waals surface area contributed by atoms with Gasteiger partial charge in [-0.05, 0) is 25.5 Å². The SMILES string of the molecule is CCCc1ncc2ccc(C)n2n1. The topological polar surface area (TPSA) is 30.2 Å². The quantitative estimate of drug-likeness (QED) is 0.698. The summed E-state index contributed by atoms with van der Waals surface area (Å²) in [5, 5.41) is 4.43. The molecule has 0 saturated carbocycles. The molecule has 0 fully saturated rings. The average molecular weight is 175 g/mol. The molecule has 0 N–H and O–H groups in total. The van der Waals surface area contributed by atoms with Gasteiger partial charge in [-0.2, -0.15) is 5.10 Å². The van der Waals surface area contributed by atoms with Gasteiger partial charge in [0.1, 0.15) is 5.82 Å². The van der Waals surface area contributed by atoms with Gasteiger partial charge in [0.15, 0.2) is 0 Å². The monoisotopic (exact) mass is 175 g/mol. The molecule has 3 heteroatoms. The van der Waals surface area contributed by atoms with E-state index in [1.807, 2.05) is 16.8 Å².